The summed E-state index contributed by atoms with van der Waals surface area (Å²) in [5.74, 6) is 0. The van der Waals surface area contributed by atoms with Crippen LogP contribution in [0.1, 0.15) is 13.3 Å². The van der Waals surface area contributed by atoms with Crippen molar-refractivity contribution in [3.05, 3.63) is 11.6 Å². The van der Waals surface area contributed by atoms with Crippen LogP contribution in [0.4, 0.5) is 0 Å². The first-order valence-electron chi connectivity index (χ1n) is 3.07. The van der Waals surface area contributed by atoms with Gasteiger partial charge in [0.25, 0.3) is 0 Å². The highest BCUT2D eigenvalue weighted by Gasteiger charge is 2.41. The van der Waals surface area contributed by atoms with Crippen molar-refractivity contribution in [2.45, 2.75) is 13.3 Å². The third-order valence-corrected chi connectivity index (χ3v) is 1.96. The van der Waals surface area contributed by atoms with Gasteiger partial charge in [0.2, 0.25) is 0 Å². The zero-order chi connectivity index (χ0) is 5.61. The van der Waals surface area contributed by atoms with Crippen LogP contribution in [0, 0.1) is 5.41 Å². The smallest absolute Gasteiger partial charge is 0.0582 e. The summed E-state index contributed by atoms with van der Waals surface area (Å²) in [5, 5.41) is 0. The molecule has 0 aromatic heterocycles. The lowest BCUT2D eigenvalue weighted by molar-refractivity contribution is -0.0926. The summed E-state index contributed by atoms with van der Waals surface area (Å²) in [6, 6.07) is 0. The minimum absolute atomic E-state index is 0.532. The Labute approximate surface area is 49.3 Å². The molecule has 0 unspecified atom stereocenters. The van der Waals surface area contributed by atoms with E-state index in [1.165, 1.54) is 12.0 Å². The zero-order valence-corrected chi connectivity index (χ0v) is 5.11. The number of allylic oxidation sites excluding steroid dienone is 1. The molecule has 2 rings (SSSR count). The van der Waals surface area contributed by atoms with Crippen molar-refractivity contribution < 1.29 is 4.74 Å². The molecule has 0 aromatic rings. The van der Waals surface area contributed by atoms with Gasteiger partial charge in [0.05, 0.1) is 13.2 Å². The molecule has 0 saturated carbocycles. The van der Waals surface area contributed by atoms with E-state index in [9.17, 15) is 0 Å². The van der Waals surface area contributed by atoms with E-state index in [1.54, 1.807) is 0 Å². The molecule has 1 fully saturated rings. The maximum atomic E-state index is 5.08. The summed E-state index contributed by atoms with van der Waals surface area (Å²) in [4.78, 5) is 0. The van der Waals surface area contributed by atoms with Gasteiger partial charge < -0.3 is 4.74 Å². The fourth-order valence-electron chi connectivity index (χ4n) is 1.60. The molecule has 1 spiro atoms. The second kappa shape index (κ2) is 1.16. The zero-order valence-electron chi connectivity index (χ0n) is 5.11. The van der Waals surface area contributed by atoms with Crippen LogP contribution in [0.3, 0.4) is 0 Å². The quantitative estimate of drug-likeness (QED) is 0.428. The molecular weight excluding hydrogens is 100 g/mol. The fourth-order valence-corrected chi connectivity index (χ4v) is 1.60. The molecule has 0 aromatic carbocycles. The second-order valence-corrected chi connectivity index (χ2v) is 3.02. The van der Waals surface area contributed by atoms with Gasteiger partial charge in [-0.15, -0.1) is 0 Å². The van der Waals surface area contributed by atoms with Gasteiger partial charge in [-0.05, 0) is 13.3 Å². The molecule has 0 atom stereocenters. The van der Waals surface area contributed by atoms with Gasteiger partial charge in [-0.3, -0.25) is 0 Å². The predicted molar refractivity (Wildman–Crippen MR) is 31.6 cm³/mol. The molecular formula is C7H10O. The summed E-state index contributed by atoms with van der Waals surface area (Å²) < 4.78 is 5.08. The van der Waals surface area contributed by atoms with Crippen molar-refractivity contribution >= 4 is 0 Å². The third-order valence-electron chi connectivity index (χ3n) is 1.96. The van der Waals surface area contributed by atoms with E-state index in [0.29, 0.717) is 5.41 Å². The molecule has 0 bridgehead atoms. The Hall–Kier alpha value is -0.300. The molecule has 0 radical (unpaired) electrons. The van der Waals surface area contributed by atoms with E-state index in [2.05, 4.69) is 13.0 Å². The minimum atomic E-state index is 0.532. The normalized spacial score (nSPS) is 30.9. The van der Waals surface area contributed by atoms with E-state index < -0.39 is 0 Å². The summed E-state index contributed by atoms with van der Waals surface area (Å²) >= 11 is 0. The molecule has 1 nitrogen and oxygen atoms in total. The van der Waals surface area contributed by atoms with Gasteiger partial charge in [-0.2, -0.15) is 0 Å². The fraction of sp³-hybridized carbons (Fsp3) is 0.714. The molecule has 1 saturated heterocycles. The Bertz CT molecular complexity index is 142. The van der Waals surface area contributed by atoms with Crippen molar-refractivity contribution in [3.8, 4) is 0 Å². The molecule has 0 N–H and O–H groups in total. The Kier molecular flexibility index (Phi) is 0.662. The Morgan fingerprint density at radius 3 is 2.38 bits per heavy atom. The van der Waals surface area contributed by atoms with E-state index >= 15 is 0 Å². The Balaban J connectivity index is 2.12. The van der Waals surface area contributed by atoms with Crippen molar-refractivity contribution in [1.82, 2.24) is 0 Å². The van der Waals surface area contributed by atoms with E-state index in [4.69, 9.17) is 4.74 Å². The lowest BCUT2D eigenvalue weighted by Crippen LogP contribution is -2.45. The first kappa shape index (κ1) is 4.57. The monoisotopic (exact) mass is 110 g/mol. The van der Waals surface area contributed by atoms with Gasteiger partial charge in [0.1, 0.15) is 0 Å². The van der Waals surface area contributed by atoms with E-state index in [-0.39, 0.29) is 0 Å². The maximum Gasteiger partial charge on any atom is 0.0582 e. The number of hydrogen-bond donors (Lipinski definition) is 0. The molecule has 2 aliphatic rings. The number of hydrogen-bond acceptors (Lipinski definition) is 1. The van der Waals surface area contributed by atoms with Gasteiger partial charge in [0.15, 0.2) is 0 Å². The lowest BCUT2D eigenvalue weighted by atomic mass is 9.70. The van der Waals surface area contributed by atoms with Gasteiger partial charge in [0, 0.05) is 5.41 Å². The topological polar surface area (TPSA) is 9.23 Å². The summed E-state index contributed by atoms with van der Waals surface area (Å²) in [5.41, 5.74) is 2.07. The Morgan fingerprint density at radius 2 is 2.25 bits per heavy atom. The van der Waals surface area contributed by atoms with Crippen LogP contribution in [0.25, 0.3) is 0 Å². The maximum absolute atomic E-state index is 5.08. The largest absolute Gasteiger partial charge is 0.379 e. The Morgan fingerprint density at radius 1 is 1.62 bits per heavy atom. The van der Waals surface area contributed by atoms with Crippen molar-refractivity contribution in [1.29, 1.82) is 0 Å². The van der Waals surface area contributed by atoms with Crippen molar-refractivity contribution in [2.24, 2.45) is 5.41 Å². The van der Waals surface area contributed by atoms with Crippen LogP contribution in [0.2, 0.25) is 0 Å². The molecule has 1 aliphatic heterocycles. The highest BCUT2D eigenvalue weighted by atomic mass is 16.5. The summed E-state index contributed by atoms with van der Waals surface area (Å²) in [7, 11) is 0. The number of ether oxygens (including phenoxy) is 1. The molecule has 8 heavy (non-hydrogen) atoms. The predicted octanol–water partition coefficient (Wildman–Crippen LogP) is 1.35. The average Bonchev–Trinajstić information content (AvgIpc) is 1.51. The first-order valence-corrected chi connectivity index (χ1v) is 3.07. The molecule has 0 amide bonds. The van der Waals surface area contributed by atoms with Crippen LogP contribution >= 0.6 is 0 Å². The van der Waals surface area contributed by atoms with Crippen molar-refractivity contribution in [2.75, 3.05) is 13.2 Å². The van der Waals surface area contributed by atoms with Gasteiger partial charge in [-0.25, -0.2) is 0 Å². The average molecular weight is 110 g/mol. The van der Waals surface area contributed by atoms with Crippen LogP contribution in [-0.4, -0.2) is 13.2 Å². The number of rotatable bonds is 0. The van der Waals surface area contributed by atoms with Crippen LogP contribution in [0.15, 0.2) is 11.6 Å². The molecule has 1 heterocycles. The molecule has 1 heteroatoms. The van der Waals surface area contributed by atoms with Gasteiger partial charge >= 0.3 is 0 Å². The minimum Gasteiger partial charge on any atom is -0.379 e. The van der Waals surface area contributed by atoms with Crippen LogP contribution in [0.5, 0.6) is 0 Å². The SMILES string of the molecule is CC1=CC2(COC2)C1. The summed E-state index contributed by atoms with van der Waals surface area (Å²) in [6.45, 7) is 4.14. The summed E-state index contributed by atoms with van der Waals surface area (Å²) in [6.07, 6.45) is 3.63. The molecule has 44 valence electrons. The van der Waals surface area contributed by atoms with Crippen LogP contribution < -0.4 is 0 Å². The third kappa shape index (κ3) is 0.402. The highest BCUT2D eigenvalue weighted by molar-refractivity contribution is 5.24. The first-order chi connectivity index (χ1) is 3.81. The van der Waals surface area contributed by atoms with Crippen molar-refractivity contribution in [3.63, 3.8) is 0 Å². The van der Waals surface area contributed by atoms with Gasteiger partial charge in [-0.1, -0.05) is 11.6 Å². The lowest BCUT2D eigenvalue weighted by Gasteiger charge is -2.45. The van der Waals surface area contributed by atoms with Crippen LogP contribution in [-0.2, 0) is 4.74 Å². The van der Waals surface area contributed by atoms with E-state index in [1.807, 2.05) is 0 Å². The van der Waals surface area contributed by atoms with E-state index in [0.717, 1.165) is 13.2 Å². The highest BCUT2D eigenvalue weighted by Crippen LogP contribution is 2.44. The molecule has 1 aliphatic carbocycles. The standard InChI is InChI=1S/C7H10O/c1-6-2-7(3-6)4-8-5-7/h2H,3-5H2,1H3. The second-order valence-electron chi connectivity index (χ2n) is 3.02.